The number of hydrogen-bond acceptors (Lipinski definition) is 4. The average Bonchev–Trinajstić information content (AvgIpc) is 2.43. The van der Waals surface area contributed by atoms with Gasteiger partial charge in [0, 0.05) is 36.8 Å². The Morgan fingerprint density at radius 3 is 2.62 bits per heavy atom. The zero-order valence-corrected chi connectivity index (χ0v) is 13.5. The van der Waals surface area contributed by atoms with E-state index in [1.54, 1.807) is 18.0 Å². The lowest BCUT2D eigenvalue weighted by Gasteiger charge is -2.21. The number of nitrogens with one attached hydrogen (secondary N) is 1. The minimum atomic E-state index is -0.133. The average molecular weight is 288 g/mol. The number of nitrogens with zero attached hydrogens (tertiary/aromatic N) is 3. The van der Waals surface area contributed by atoms with Gasteiger partial charge in [-0.1, -0.05) is 20.8 Å². The largest absolute Gasteiger partial charge is 0.370 e. The first kappa shape index (κ1) is 17.0. The highest BCUT2D eigenvalue weighted by Crippen LogP contribution is 2.24. The molecule has 1 N–H and O–H groups in total. The summed E-state index contributed by atoms with van der Waals surface area (Å²) in [5.41, 5.74) is 1.34. The van der Waals surface area contributed by atoms with Crippen LogP contribution in [0.5, 0.6) is 0 Å². The van der Waals surface area contributed by atoms with Gasteiger partial charge in [-0.05, 0) is 19.1 Å². The van der Waals surface area contributed by atoms with Crippen molar-refractivity contribution in [1.82, 2.24) is 9.88 Å². The minimum absolute atomic E-state index is 0.0858. The summed E-state index contributed by atoms with van der Waals surface area (Å²) in [4.78, 5) is 18.6. The lowest BCUT2D eigenvalue weighted by molar-refractivity contribution is 0.0797. The maximum absolute atomic E-state index is 12.4. The topological polar surface area (TPSA) is 69.0 Å². The number of anilines is 1. The lowest BCUT2D eigenvalue weighted by Crippen LogP contribution is -2.28. The van der Waals surface area contributed by atoms with Crippen LogP contribution in [0.1, 0.15) is 50.2 Å². The molecule has 0 aliphatic carbocycles. The molecule has 0 fully saturated rings. The molecule has 0 atom stereocenters. The molecule has 1 heterocycles. The van der Waals surface area contributed by atoms with Crippen LogP contribution in [0.15, 0.2) is 12.1 Å². The van der Waals surface area contributed by atoms with Crippen LogP contribution in [0.25, 0.3) is 0 Å². The standard InChI is InChI=1S/C16H24N4O/c1-6-18-14-11-12(10-13(19-14)16(2,3)4)15(21)20(5)9-7-8-17/h10-11H,6-7,9H2,1-5H3,(H,18,19). The molecule has 21 heavy (non-hydrogen) atoms. The summed E-state index contributed by atoms with van der Waals surface area (Å²) >= 11 is 0. The molecule has 0 saturated carbocycles. The Bertz CT molecular complexity index is 540. The van der Waals surface area contributed by atoms with E-state index in [9.17, 15) is 4.79 Å². The van der Waals surface area contributed by atoms with Gasteiger partial charge in [-0.3, -0.25) is 4.79 Å². The van der Waals surface area contributed by atoms with Crippen LogP contribution in [0.3, 0.4) is 0 Å². The Kier molecular flexibility index (Phi) is 5.71. The van der Waals surface area contributed by atoms with Crippen LogP contribution >= 0.6 is 0 Å². The second-order valence-corrected chi connectivity index (χ2v) is 6.04. The van der Waals surface area contributed by atoms with Gasteiger partial charge in [0.05, 0.1) is 12.5 Å². The summed E-state index contributed by atoms with van der Waals surface area (Å²) in [6.07, 6.45) is 0.333. The van der Waals surface area contributed by atoms with Crippen molar-refractivity contribution in [3.8, 4) is 6.07 Å². The Hall–Kier alpha value is -2.09. The fourth-order valence-corrected chi connectivity index (χ4v) is 1.85. The third kappa shape index (κ3) is 4.75. The van der Waals surface area contributed by atoms with Crippen LogP contribution < -0.4 is 5.32 Å². The van der Waals surface area contributed by atoms with Gasteiger partial charge < -0.3 is 10.2 Å². The molecule has 0 aromatic carbocycles. The first-order chi connectivity index (χ1) is 9.79. The number of hydrogen-bond donors (Lipinski definition) is 1. The predicted octanol–water partition coefficient (Wildman–Crippen LogP) is 2.80. The van der Waals surface area contributed by atoms with Gasteiger partial charge in [0.1, 0.15) is 5.82 Å². The minimum Gasteiger partial charge on any atom is -0.370 e. The van der Waals surface area contributed by atoms with Crippen molar-refractivity contribution >= 4 is 11.7 Å². The number of rotatable bonds is 5. The summed E-state index contributed by atoms with van der Waals surface area (Å²) in [6.45, 7) is 9.37. The Labute approximate surface area is 127 Å². The van der Waals surface area contributed by atoms with E-state index in [2.05, 4.69) is 37.1 Å². The molecule has 5 nitrogen and oxygen atoms in total. The van der Waals surface area contributed by atoms with Gasteiger partial charge in [-0.25, -0.2) is 4.98 Å². The molecule has 0 spiro atoms. The van der Waals surface area contributed by atoms with Crippen LogP contribution in [0.2, 0.25) is 0 Å². The molecule has 0 bridgehead atoms. The van der Waals surface area contributed by atoms with Gasteiger partial charge in [0.25, 0.3) is 5.91 Å². The highest BCUT2D eigenvalue weighted by atomic mass is 16.2. The number of nitriles is 1. The predicted molar refractivity (Wildman–Crippen MR) is 84.3 cm³/mol. The second-order valence-electron chi connectivity index (χ2n) is 6.04. The van der Waals surface area contributed by atoms with E-state index < -0.39 is 0 Å². The molecule has 5 heteroatoms. The van der Waals surface area contributed by atoms with Crippen molar-refractivity contribution in [2.24, 2.45) is 0 Å². The molecule has 1 aromatic heterocycles. The molecule has 1 amide bonds. The van der Waals surface area contributed by atoms with Gasteiger partial charge in [-0.15, -0.1) is 0 Å². The van der Waals surface area contributed by atoms with Crippen molar-refractivity contribution in [2.45, 2.75) is 39.5 Å². The third-order valence-corrected chi connectivity index (χ3v) is 3.10. The van der Waals surface area contributed by atoms with Crippen molar-refractivity contribution in [3.63, 3.8) is 0 Å². The molecule has 0 radical (unpaired) electrons. The first-order valence-electron chi connectivity index (χ1n) is 7.18. The Morgan fingerprint density at radius 2 is 2.10 bits per heavy atom. The van der Waals surface area contributed by atoms with Gasteiger partial charge in [-0.2, -0.15) is 5.26 Å². The van der Waals surface area contributed by atoms with Crippen LogP contribution in [0.4, 0.5) is 5.82 Å². The van der Waals surface area contributed by atoms with Gasteiger partial charge in [0.2, 0.25) is 0 Å². The number of pyridine rings is 1. The highest BCUT2D eigenvalue weighted by molar-refractivity contribution is 5.95. The van der Waals surface area contributed by atoms with E-state index in [1.165, 1.54) is 0 Å². The van der Waals surface area contributed by atoms with Gasteiger partial charge in [0.15, 0.2) is 0 Å². The molecular formula is C16H24N4O. The van der Waals surface area contributed by atoms with E-state index >= 15 is 0 Å². The smallest absolute Gasteiger partial charge is 0.253 e. The molecule has 0 unspecified atom stereocenters. The molecule has 1 aromatic rings. The monoisotopic (exact) mass is 288 g/mol. The normalized spacial score (nSPS) is 10.9. The van der Waals surface area contributed by atoms with E-state index in [1.807, 2.05) is 13.0 Å². The van der Waals surface area contributed by atoms with Gasteiger partial charge >= 0.3 is 0 Å². The molecule has 0 aliphatic rings. The second kappa shape index (κ2) is 7.07. The quantitative estimate of drug-likeness (QED) is 0.904. The van der Waals surface area contributed by atoms with Crippen molar-refractivity contribution in [1.29, 1.82) is 5.26 Å². The zero-order chi connectivity index (χ0) is 16.0. The van der Waals surface area contributed by atoms with Crippen molar-refractivity contribution < 1.29 is 4.79 Å². The number of carbonyl (C=O) groups is 1. The number of carbonyl (C=O) groups excluding carboxylic acids is 1. The zero-order valence-electron chi connectivity index (χ0n) is 13.5. The molecule has 0 saturated heterocycles. The van der Waals surface area contributed by atoms with Crippen LogP contribution in [-0.2, 0) is 5.41 Å². The van der Waals surface area contributed by atoms with Crippen molar-refractivity contribution in [3.05, 3.63) is 23.4 Å². The molecule has 1 rings (SSSR count). The highest BCUT2D eigenvalue weighted by Gasteiger charge is 2.20. The maximum Gasteiger partial charge on any atom is 0.253 e. The van der Waals surface area contributed by atoms with Crippen molar-refractivity contribution in [2.75, 3.05) is 25.5 Å². The van der Waals surface area contributed by atoms with Crippen LogP contribution in [0, 0.1) is 11.3 Å². The molecule has 0 aliphatic heterocycles. The summed E-state index contributed by atoms with van der Waals surface area (Å²) in [5, 5.41) is 11.8. The van der Waals surface area contributed by atoms with E-state index in [0.29, 0.717) is 24.3 Å². The summed E-state index contributed by atoms with van der Waals surface area (Å²) in [7, 11) is 1.71. The third-order valence-electron chi connectivity index (χ3n) is 3.10. The number of aromatic nitrogens is 1. The molecule has 114 valence electrons. The molecular weight excluding hydrogens is 264 g/mol. The Balaban J connectivity index is 3.13. The fraction of sp³-hybridized carbons (Fsp3) is 0.562. The van der Waals surface area contributed by atoms with Crippen LogP contribution in [-0.4, -0.2) is 35.9 Å². The van der Waals surface area contributed by atoms with E-state index in [-0.39, 0.29) is 11.3 Å². The first-order valence-corrected chi connectivity index (χ1v) is 7.18. The maximum atomic E-state index is 12.4. The van der Waals surface area contributed by atoms with E-state index in [4.69, 9.17) is 5.26 Å². The summed E-state index contributed by atoms with van der Waals surface area (Å²) in [5.74, 6) is 0.624. The fourth-order valence-electron chi connectivity index (χ4n) is 1.85. The summed E-state index contributed by atoms with van der Waals surface area (Å²) in [6, 6.07) is 5.66. The van der Waals surface area contributed by atoms with E-state index in [0.717, 1.165) is 12.2 Å². The number of amides is 1. The summed E-state index contributed by atoms with van der Waals surface area (Å²) < 4.78 is 0. The lowest BCUT2D eigenvalue weighted by atomic mass is 9.90. The Morgan fingerprint density at radius 1 is 1.43 bits per heavy atom. The SMILES string of the molecule is CCNc1cc(C(=O)N(C)CCC#N)cc(C(C)(C)C)n1.